The van der Waals surface area contributed by atoms with E-state index in [1.807, 2.05) is 33.7 Å². The maximum Gasteiger partial charge on any atom is 0.237 e. The maximum atomic E-state index is 12.3. The normalized spacial score (nSPS) is 14.6. The molecule has 0 spiro atoms. The van der Waals surface area contributed by atoms with Gasteiger partial charge in [-0.15, -0.1) is 10.2 Å². The highest BCUT2D eigenvalue weighted by atomic mass is 32.2. The summed E-state index contributed by atoms with van der Waals surface area (Å²) in [4.78, 5) is 18.7. The van der Waals surface area contributed by atoms with Crippen LogP contribution in [-0.4, -0.2) is 49.4 Å². The highest BCUT2D eigenvalue weighted by molar-refractivity contribution is 7.98. The first-order chi connectivity index (χ1) is 15.2. The fourth-order valence-corrected chi connectivity index (χ4v) is 4.39. The summed E-state index contributed by atoms with van der Waals surface area (Å²) in [6.45, 7) is 4.07. The molecule has 0 aliphatic carbocycles. The topological polar surface area (TPSA) is 99.2 Å². The van der Waals surface area contributed by atoms with Gasteiger partial charge >= 0.3 is 0 Å². The highest BCUT2D eigenvalue weighted by Crippen LogP contribution is 2.25. The molecule has 1 aliphatic rings. The lowest BCUT2D eigenvalue weighted by Crippen LogP contribution is -2.31. The predicted octanol–water partition coefficient (Wildman–Crippen LogP) is 3.55. The van der Waals surface area contributed by atoms with Gasteiger partial charge in [0.1, 0.15) is 5.75 Å². The number of nitrogens with zero attached hydrogens (tertiary/aromatic N) is 6. The number of amides is 1. The van der Waals surface area contributed by atoms with Gasteiger partial charge in [0.2, 0.25) is 17.6 Å². The predicted molar refractivity (Wildman–Crippen MR) is 115 cm³/mol. The number of carbonyl (C=O) groups is 1. The molecular formula is C21H26N6O3S. The van der Waals surface area contributed by atoms with Gasteiger partial charge in [-0.1, -0.05) is 23.3 Å². The monoisotopic (exact) mass is 442 g/mol. The summed E-state index contributed by atoms with van der Waals surface area (Å²) in [5.41, 5.74) is 0.863. The van der Waals surface area contributed by atoms with Gasteiger partial charge in [-0.2, -0.15) is 4.98 Å². The average Bonchev–Trinajstić information content (AvgIpc) is 3.37. The van der Waals surface area contributed by atoms with Crippen molar-refractivity contribution >= 4 is 17.7 Å². The number of hydrogen-bond acceptors (Lipinski definition) is 8. The molecule has 0 bridgehead atoms. The smallest absolute Gasteiger partial charge is 0.237 e. The zero-order valence-electron chi connectivity index (χ0n) is 17.8. The molecule has 3 heterocycles. The van der Waals surface area contributed by atoms with Crippen molar-refractivity contribution in [3.8, 4) is 17.1 Å². The number of ether oxygens (including phenoxy) is 1. The third-order valence-electron chi connectivity index (χ3n) is 5.25. The molecule has 2 aromatic heterocycles. The van der Waals surface area contributed by atoms with Crippen molar-refractivity contribution < 1.29 is 14.1 Å². The van der Waals surface area contributed by atoms with E-state index in [1.165, 1.54) is 11.8 Å². The summed E-state index contributed by atoms with van der Waals surface area (Å²) >= 11 is 1.50. The van der Waals surface area contributed by atoms with E-state index in [-0.39, 0.29) is 5.91 Å². The van der Waals surface area contributed by atoms with E-state index in [0.29, 0.717) is 30.4 Å². The summed E-state index contributed by atoms with van der Waals surface area (Å²) in [7, 11) is 1.63. The zero-order valence-corrected chi connectivity index (χ0v) is 18.6. The average molecular weight is 443 g/mol. The fourth-order valence-electron chi connectivity index (χ4n) is 3.53. The van der Waals surface area contributed by atoms with Gasteiger partial charge in [0.05, 0.1) is 19.4 Å². The van der Waals surface area contributed by atoms with E-state index in [0.717, 1.165) is 54.6 Å². The van der Waals surface area contributed by atoms with Gasteiger partial charge in [0.25, 0.3) is 0 Å². The number of carbonyl (C=O) groups excluding carboxylic acids is 1. The van der Waals surface area contributed by atoms with Crippen molar-refractivity contribution in [3.05, 3.63) is 36.0 Å². The van der Waals surface area contributed by atoms with Crippen LogP contribution < -0.4 is 4.74 Å². The lowest BCUT2D eigenvalue weighted by Gasteiger charge is -2.20. The van der Waals surface area contributed by atoms with Crippen LogP contribution in [0.15, 0.2) is 33.9 Å². The minimum atomic E-state index is 0.203. The summed E-state index contributed by atoms with van der Waals surface area (Å²) < 4.78 is 12.6. The van der Waals surface area contributed by atoms with Crippen LogP contribution in [0.3, 0.4) is 0 Å². The molecule has 9 nitrogen and oxygen atoms in total. The lowest BCUT2D eigenvalue weighted by molar-refractivity contribution is -0.131. The van der Waals surface area contributed by atoms with Crippen molar-refractivity contribution in [2.75, 3.05) is 13.7 Å². The molecule has 0 radical (unpaired) electrons. The molecule has 0 N–H and O–H groups in total. The van der Waals surface area contributed by atoms with E-state index >= 15 is 0 Å². The van der Waals surface area contributed by atoms with Crippen LogP contribution in [0.4, 0.5) is 0 Å². The van der Waals surface area contributed by atoms with Gasteiger partial charge in [0.15, 0.2) is 11.0 Å². The van der Waals surface area contributed by atoms with E-state index in [4.69, 9.17) is 9.26 Å². The molecule has 4 rings (SSSR count). The minimum absolute atomic E-state index is 0.203. The first kappa shape index (κ1) is 21.4. The third kappa shape index (κ3) is 5.07. The molecule has 10 heteroatoms. The molecule has 0 saturated carbocycles. The molecule has 3 aromatic rings. The standard InChI is InChI=1S/C21H26N6O3S/c1-3-27-17(13-26-12-6-4-5-7-19(26)28)23-24-21(27)31-14-18-22-20(25-30-18)15-8-10-16(29-2)11-9-15/h8-11H,3-7,12-14H2,1-2H3. The van der Waals surface area contributed by atoms with E-state index < -0.39 is 0 Å². The van der Waals surface area contributed by atoms with Crippen molar-refractivity contribution in [2.45, 2.75) is 56.6 Å². The Balaban J connectivity index is 1.40. The van der Waals surface area contributed by atoms with Crippen LogP contribution in [0.5, 0.6) is 5.75 Å². The lowest BCUT2D eigenvalue weighted by atomic mass is 10.2. The molecule has 1 amide bonds. The zero-order chi connectivity index (χ0) is 21.6. The molecule has 1 aromatic carbocycles. The Labute approximate surface area is 185 Å². The van der Waals surface area contributed by atoms with Gasteiger partial charge in [-0.05, 0) is 44.0 Å². The molecular weight excluding hydrogens is 416 g/mol. The molecule has 0 atom stereocenters. The van der Waals surface area contributed by atoms with Crippen LogP contribution in [0.25, 0.3) is 11.4 Å². The molecule has 1 saturated heterocycles. The van der Waals surface area contributed by atoms with Crippen molar-refractivity contribution in [2.24, 2.45) is 0 Å². The maximum absolute atomic E-state index is 12.3. The summed E-state index contributed by atoms with van der Waals surface area (Å²) in [6, 6.07) is 7.51. The Kier molecular flexibility index (Phi) is 6.86. The SMILES string of the molecule is CCn1c(CN2CCCCCC2=O)nnc1SCc1nc(-c2ccc(OC)cc2)no1. The largest absolute Gasteiger partial charge is 0.497 e. The second-order valence-corrected chi connectivity index (χ2v) is 8.24. The quantitative estimate of drug-likeness (QED) is 0.488. The molecule has 1 fully saturated rings. The Bertz CT molecular complexity index is 1020. The number of rotatable bonds is 8. The van der Waals surface area contributed by atoms with Crippen LogP contribution in [0.1, 0.15) is 44.3 Å². The Morgan fingerprint density at radius 1 is 1.16 bits per heavy atom. The molecule has 1 aliphatic heterocycles. The highest BCUT2D eigenvalue weighted by Gasteiger charge is 2.21. The van der Waals surface area contributed by atoms with Gasteiger partial charge in [-0.3, -0.25) is 4.79 Å². The summed E-state index contributed by atoms with van der Waals surface area (Å²) in [5.74, 6) is 3.34. The van der Waals surface area contributed by atoms with Crippen LogP contribution in [0, 0.1) is 0 Å². The number of thioether (sulfide) groups is 1. The van der Waals surface area contributed by atoms with Crippen LogP contribution in [0.2, 0.25) is 0 Å². The minimum Gasteiger partial charge on any atom is -0.497 e. The molecule has 0 unspecified atom stereocenters. The number of benzene rings is 1. The van der Waals surface area contributed by atoms with Crippen molar-refractivity contribution in [1.82, 2.24) is 29.8 Å². The second kappa shape index (κ2) is 9.95. The first-order valence-electron chi connectivity index (χ1n) is 10.5. The third-order valence-corrected chi connectivity index (χ3v) is 6.21. The van der Waals surface area contributed by atoms with Gasteiger partial charge < -0.3 is 18.7 Å². The number of likely N-dealkylation sites (tertiary alicyclic amines) is 1. The number of hydrogen-bond donors (Lipinski definition) is 0. The summed E-state index contributed by atoms with van der Waals surface area (Å²) in [6.07, 6.45) is 3.74. The Morgan fingerprint density at radius 3 is 2.77 bits per heavy atom. The number of methoxy groups -OCH3 is 1. The van der Waals surface area contributed by atoms with Crippen molar-refractivity contribution in [1.29, 1.82) is 0 Å². The van der Waals surface area contributed by atoms with Crippen LogP contribution in [-0.2, 0) is 23.6 Å². The molecule has 164 valence electrons. The first-order valence-corrected chi connectivity index (χ1v) is 11.5. The van der Waals surface area contributed by atoms with Crippen molar-refractivity contribution in [3.63, 3.8) is 0 Å². The van der Waals surface area contributed by atoms with E-state index in [2.05, 4.69) is 27.3 Å². The van der Waals surface area contributed by atoms with E-state index in [1.54, 1.807) is 7.11 Å². The van der Waals surface area contributed by atoms with E-state index in [9.17, 15) is 4.79 Å². The fraction of sp³-hybridized carbons (Fsp3) is 0.476. The second-order valence-electron chi connectivity index (χ2n) is 7.30. The van der Waals surface area contributed by atoms with Gasteiger partial charge in [0, 0.05) is 25.1 Å². The van der Waals surface area contributed by atoms with Gasteiger partial charge in [-0.25, -0.2) is 0 Å². The van der Waals surface area contributed by atoms with Crippen LogP contribution >= 0.6 is 11.8 Å². The Hall–Kier alpha value is -2.88. The Morgan fingerprint density at radius 2 is 2.00 bits per heavy atom. The summed E-state index contributed by atoms with van der Waals surface area (Å²) in [5, 5.41) is 13.5. The number of aromatic nitrogens is 5. The molecule has 31 heavy (non-hydrogen) atoms.